The van der Waals surface area contributed by atoms with Crippen LogP contribution in [0, 0.1) is 5.41 Å². The molecule has 7 aromatic rings. The molecule has 0 atom stereocenters. The van der Waals surface area contributed by atoms with Crippen LogP contribution in [0.4, 0.5) is 5.82 Å². The molecule has 4 heterocycles. The SMILES string of the molecule is COC(=O)c1cc2c(Cl)nc(-c3ccccc3)nc2n1S(=O)(=O)c1ccccc1.COC(=O)c1cc2c(N=C3CCC(O)CC3)nc(-c3ccccc3)nc2[nH]1.N=C1CCC(O)CC1. The van der Waals surface area contributed by atoms with Crippen LogP contribution in [0.1, 0.15) is 72.3 Å². The number of aliphatic imine (C=N–C) groups is 1. The molecule has 2 fully saturated rings. The van der Waals surface area contributed by atoms with Crippen LogP contribution in [-0.4, -0.2) is 97.3 Å². The second kappa shape index (κ2) is 20.2. The number of H-pyrrole nitrogens is 1. The largest absolute Gasteiger partial charge is 0.464 e. The van der Waals surface area contributed by atoms with Crippen molar-refractivity contribution in [2.75, 3.05) is 14.2 Å². The van der Waals surface area contributed by atoms with Crippen molar-refractivity contribution < 1.29 is 37.7 Å². The second-order valence-corrected chi connectivity index (χ2v) is 17.1. The van der Waals surface area contributed by atoms with Gasteiger partial charge in [-0.05, 0) is 75.6 Å². The Morgan fingerprint density at radius 2 is 1.27 bits per heavy atom. The van der Waals surface area contributed by atoms with E-state index in [0.29, 0.717) is 46.8 Å². The predicted molar refractivity (Wildman–Crippen MR) is 243 cm³/mol. The number of rotatable bonds is 7. The zero-order valence-corrected chi connectivity index (χ0v) is 36.5. The van der Waals surface area contributed by atoms with E-state index in [1.165, 1.54) is 32.4 Å². The molecular formula is C46H45ClN8O8S. The van der Waals surface area contributed by atoms with Crippen LogP contribution in [0.3, 0.4) is 0 Å². The Bertz CT molecular complexity index is 2920. The highest BCUT2D eigenvalue weighted by Crippen LogP contribution is 2.32. The molecule has 2 aliphatic carbocycles. The van der Waals surface area contributed by atoms with Crippen molar-refractivity contribution in [3.63, 3.8) is 0 Å². The first-order valence-electron chi connectivity index (χ1n) is 20.4. The van der Waals surface area contributed by atoms with E-state index < -0.39 is 22.0 Å². The number of methoxy groups -OCH3 is 2. The zero-order chi connectivity index (χ0) is 45.4. The summed E-state index contributed by atoms with van der Waals surface area (Å²) in [6, 6.07) is 29.4. The van der Waals surface area contributed by atoms with Crippen LogP contribution in [0.5, 0.6) is 0 Å². The van der Waals surface area contributed by atoms with Gasteiger partial charge < -0.3 is 30.1 Å². The maximum atomic E-state index is 13.4. The monoisotopic (exact) mass is 904 g/mol. The van der Waals surface area contributed by atoms with Gasteiger partial charge in [-0.1, -0.05) is 90.5 Å². The van der Waals surface area contributed by atoms with E-state index >= 15 is 0 Å². The van der Waals surface area contributed by atoms with Gasteiger partial charge >= 0.3 is 11.9 Å². The smallest absolute Gasteiger partial charge is 0.355 e. The highest BCUT2D eigenvalue weighted by atomic mass is 35.5. The summed E-state index contributed by atoms with van der Waals surface area (Å²) in [7, 11) is -1.65. The third-order valence-corrected chi connectivity index (χ3v) is 12.5. The summed E-state index contributed by atoms with van der Waals surface area (Å²) in [5.41, 5.74) is 3.96. The van der Waals surface area contributed by atoms with Gasteiger partial charge in [0.25, 0.3) is 10.0 Å². The predicted octanol–water partition coefficient (Wildman–Crippen LogP) is 8.14. The minimum Gasteiger partial charge on any atom is -0.464 e. The maximum absolute atomic E-state index is 13.4. The molecule has 4 N–H and O–H groups in total. The first-order valence-corrected chi connectivity index (χ1v) is 22.2. The highest BCUT2D eigenvalue weighted by Gasteiger charge is 2.30. The van der Waals surface area contributed by atoms with Crippen molar-refractivity contribution in [1.29, 1.82) is 5.41 Å². The number of aliphatic hydroxyl groups is 2. The van der Waals surface area contributed by atoms with Gasteiger partial charge in [0, 0.05) is 22.6 Å². The summed E-state index contributed by atoms with van der Waals surface area (Å²) in [6.07, 6.45) is 5.73. The number of nitrogens with zero attached hydrogens (tertiary/aromatic N) is 6. The van der Waals surface area contributed by atoms with Gasteiger partial charge in [0.05, 0.1) is 42.1 Å². The van der Waals surface area contributed by atoms with E-state index in [4.69, 9.17) is 36.6 Å². The lowest BCUT2D eigenvalue weighted by Crippen LogP contribution is -2.19. The maximum Gasteiger partial charge on any atom is 0.355 e. The van der Waals surface area contributed by atoms with Crippen LogP contribution in [-0.2, 0) is 19.5 Å². The van der Waals surface area contributed by atoms with Crippen molar-refractivity contribution in [2.45, 2.75) is 68.5 Å². The number of nitrogens with one attached hydrogen (secondary N) is 2. The first-order chi connectivity index (χ1) is 30.9. The van der Waals surface area contributed by atoms with Crippen molar-refractivity contribution in [3.8, 4) is 22.8 Å². The minimum atomic E-state index is -4.16. The lowest BCUT2D eigenvalue weighted by molar-refractivity contribution is 0.0585. The summed E-state index contributed by atoms with van der Waals surface area (Å²) in [5.74, 6) is 0.00354. The third kappa shape index (κ3) is 10.4. The summed E-state index contributed by atoms with van der Waals surface area (Å²) in [5, 5.41) is 26.7. The van der Waals surface area contributed by atoms with Crippen LogP contribution in [0.2, 0.25) is 5.15 Å². The average molecular weight is 905 g/mol. The summed E-state index contributed by atoms with van der Waals surface area (Å²) < 4.78 is 37.1. The number of esters is 2. The van der Waals surface area contributed by atoms with E-state index in [0.717, 1.165) is 59.5 Å². The second-order valence-electron chi connectivity index (χ2n) is 15.0. The molecule has 64 heavy (non-hydrogen) atoms. The van der Waals surface area contributed by atoms with E-state index in [1.54, 1.807) is 48.5 Å². The lowest BCUT2D eigenvalue weighted by atomic mass is 9.96. The molecule has 16 nitrogen and oxygen atoms in total. The molecule has 330 valence electrons. The van der Waals surface area contributed by atoms with Gasteiger partial charge in [-0.3, -0.25) is 0 Å². The van der Waals surface area contributed by atoms with E-state index in [2.05, 4.69) is 24.9 Å². The first kappa shape index (κ1) is 45.4. The third-order valence-electron chi connectivity index (χ3n) is 10.5. The van der Waals surface area contributed by atoms with Gasteiger partial charge in [0.2, 0.25) is 0 Å². The standard InChI is InChI=1S/C20H14ClN3O4S.C20H20N4O3.C6H11NO/c1-28-20(25)16-12-15-17(21)22-18(13-8-4-2-5-9-13)23-19(15)24(16)29(26,27)14-10-6-3-7-11-14;1-27-20(26)16-11-15-18(21-13-7-9-14(25)10-8-13)23-17(24-19(15)22-16)12-5-3-2-4-6-12;7-5-1-3-6(8)4-2-5/h2-12H,1H3;2-6,11,14,25H,7-10H2,1H3,(H,22,23,24);6-8H,1-4H2. The van der Waals surface area contributed by atoms with E-state index in [9.17, 15) is 23.1 Å². The van der Waals surface area contributed by atoms with Crippen LogP contribution in [0.15, 0.2) is 113 Å². The van der Waals surface area contributed by atoms with Gasteiger partial charge in [0.15, 0.2) is 23.1 Å². The fourth-order valence-electron chi connectivity index (χ4n) is 7.09. The molecule has 4 aromatic heterocycles. The quantitative estimate of drug-likeness (QED) is 0.0876. The number of carbonyl (C=O) groups excluding carboxylic acids is 2. The van der Waals surface area contributed by atoms with Crippen LogP contribution >= 0.6 is 11.6 Å². The number of aromatic amines is 1. The Morgan fingerprint density at radius 3 is 1.81 bits per heavy atom. The number of aromatic nitrogens is 6. The summed E-state index contributed by atoms with van der Waals surface area (Å²) in [4.78, 5) is 49.9. The molecule has 2 aliphatic rings. The number of fused-ring (bicyclic) bond motifs is 2. The van der Waals surface area contributed by atoms with Gasteiger partial charge in [-0.25, -0.2) is 46.9 Å². The molecule has 0 aliphatic heterocycles. The molecule has 0 amide bonds. The van der Waals surface area contributed by atoms with E-state index in [-0.39, 0.29) is 44.8 Å². The highest BCUT2D eigenvalue weighted by molar-refractivity contribution is 7.90. The molecule has 0 radical (unpaired) electrons. The van der Waals surface area contributed by atoms with Crippen LogP contribution < -0.4 is 0 Å². The number of hydrogen-bond donors (Lipinski definition) is 4. The van der Waals surface area contributed by atoms with Crippen LogP contribution in [0.25, 0.3) is 44.8 Å². The summed E-state index contributed by atoms with van der Waals surface area (Å²) >= 11 is 6.33. The Hall–Kier alpha value is -6.66. The Kier molecular flexibility index (Phi) is 14.3. The molecule has 0 bridgehead atoms. The molecular weight excluding hydrogens is 860 g/mol. The van der Waals surface area contributed by atoms with E-state index in [1.807, 2.05) is 36.4 Å². The topological polar surface area (TPSA) is 236 Å². The zero-order valence-electron chi connectivity index (χ0n) is 34.9. The van der Waals surface area contributed by atoms with Crippen molar-refractivity contribution >= 4 is 72.9 Å². The Morgan fingerprint density at radius 1 is 0.734 bits per heavy atom. The molecule has 0 saturated heterocycles. The summed E-state index contributed by atoms with van der Waals surface area (Å²) in [6.45, 7) is 0. The van der Waals surface area contributed by atoms with Gasteiger partial charge in [0.1, 0.15) is 22.2 Å². The van der Waals surface area contributed by atoms with Crippen molar-refractivity contribution in [2.24, 2.45) is 4.99 Å². The normalized spacial score (nSPS) is 16.3. The number of benzene rings is 3. The number of ether oxygens (including phenoxy) is 2. The fraction of sp³-hybridized carbons (Fsp3) is 0.261. The number of halogens is 1. The number of hydrogen-bond acceptors (Lipinski definition) is 14. The Balaban J connectivity index is 0.000000163. The fourth-order valence-corrected chi connectivity index (χ4v) is 8.77. The molecule has 0 unspecified atom stereocenters. The van der Waals surface area contributed by atoms with Crippen molar-refractivity contribution in [1.82, 2.24) is 28.9 Å². The lowest BCUT2D eigenvalue weighted by Gasteiger charge is -2.18. The van der Waals surface area contributed by atoms with Gasteiger partial charge in [-0.2, -0.15) is 0 Å². The minimum absolute atomic E-state index is 0.00125. The molecule has 2 saturated carbocycles. The molecule has 0 spiro atoms. The molecule has 9 rings (SSSR count). The molecule has 3 aromatic carbocycles. The average Bonchev–Trinajstić information content (AvgIpc) is 3.95. The Labute approximate surface area is 373 Å². The van der Waals surface area contributed by atoms with Gasteiger partial charge in [-0.15, -0.1) is 0 Å². The molecule has 18 heteroatoms. The van der Waals surface area contributed by atoms with Crippen molar-refractivity contribution in [3.05, 3.63) is 120 Å². The number of aliphatic hydroxyl groups excluding tert-OH is 2. The number of carbonyl (C=O) groups is 2.